The molecule has 0 radical (unpaired) electrons. The van der Waals surface area contributed by atoms with Gasteiger partial charge in [-0.2, -0.15) is 0 Å². The maximum Gasteiger partial charge on any atom is 0.273 e. The molecule has 6 nitrogen and oxygen atoms in total. The fourth-order valence-electron chi connectivity index (χ4n) is 2.77. The van der Waals surface area contributed by atoms with Gasteiger partial charge in [0.05, 0.1) is 6.04 Å². The van der Waals surface area contributed by atoms with Crippen LogP contribution in [0.15, 0.2) is 65.3 Å². The van der Waals surface area contributed by atoms with E-state index in [1.807, 2.05) is 18.2 Å². The maximum absolute atomic E-state index is 12.2. The highest BCUT2D eigenvalue weighted by Gasteiger charge is 2.17. The van der Waals surface area contributed by atoms with E-state index in [9.17, 15) is 9.90 Å². The molecule has 6 heteroatoms. The minimum Gasteiger partial charge on any atom is -0.508 e. The number of aromatic nitrogens is 1. The van der Waals surface area contributed by atoms with E-state index in [0.29, 0.717) is 18.9 Å². The first-order chi connectivity index (χ1) is 13.1. The van der Waals surface area contributed by atoms with Gasteiger partial charge < -0.3 is 20.6 Å². The van der Waals surface area contributed by atoms with E-state index in [-0.39, 0.29) is 17.4 Å². The van der Waals surface area contributed by atoms with Crippen LogP contribution < -0.4 is 11.1 Å². The van der Waals surface area contributed by atoms with Crippen LogP contribution in [0.2, 0.25) is 0 Å². The second kappa shape index (κ2) is 9.00. The highest BCUT2D eigenvalue weighted by molar-refractivity contribution is 5.91. The van der Waals surface area contributed by atoms with Crippen molar-refractivity contribution in [1.82, 2.24) is 10.3 Å². The van der Waals surface area contributed by atoms with Crippen molar-refractivity contribution in [2.24, 2.45) is 5.73 Å². The first-order valence-corrected chi connectivity index (χ1v) is 8.93. The van der Waals surface area contributed by atoms with Crippen molar-refractivity contribution < 1.29 is 14.3 Å². The Bertz CT molecular complexity index is 860. The van der Waals surface area contributed by atoms with Crippen LogP contribution in [0.3, 0.4) is 0 Å². The molecule has 1 atom stereocenters. The third-order valence-corrected chi connectivity index (χ3v) is 4.23. The van der Waals surface area contributed by atoms with Gasteiger partial charge in [-0.3, -0.25) is 4.79 Å². The lowest BCUT2D eigenvalue weighted by Gasteiger charge is -2.07. The Balaban J connectivity index is 1.47. The molecular formula is C21H23N3O3. The number of phenols is 1. The Hall–Kier alpha value is -3.12. The minimum absolute atomic E-state index is 0.203. The summed E-state index contributed by atoms with van der Waals surface area (Å²) in [4.78, 5) is 16.4. The van der Waals surface area contributed by atoms with Crippen LogP contribution >= 0.6 is 0 Å². The normalized spacial score (nSPS) is 11.9. The van der Waals surface area contributed by atoms with Crippen LogP contribution in [-0.4, -0.2) is 22.5 Å². The average molecular weight is 365 g/mol. The second-order valence-corrected chi connectivity index (χ2v) is 6.39. The number of aromatic hydroxyl groups is 1. The molecule has 0 saturated heterocycles. The molecular weight excluding hydrogens is 342 g/mol. The monoisotopic (exact) mass is 365 g/mol. The molecule has 1 unspecified atom stereocenters. The van der Waals surface area contributed by atoms with Gasteiger partial charge in [0.25, 0.3) is 5.91 Å². The van der Waals surface area contributed by atoms with Crippen LogP contribution in [0.25, 0.3) is 0 Å². The van der Waals surface area contributed by atoms with Crippen LogP contribution in [-0.2, 0) is 12.8 Å². The Morgan fingerprint density at radius 3 is 2.59 bits per heavy atom. The summed E-state index contributed by atoms with van der Waals surface area (Å²) < 4.78 is 5.37. The fraction of sp³-hybridized carbons (Fsp3) is 0.238. The fourth-order valence-corrected chi connectivity index (χ4v) is 2.77. The second-order valence-electron chi connectivity index (χ2n) is 6.39. The lowest BCUT2D eigenvalue weighted by molar-refractivity contribution is 0.0948. The molecule has 0 bridgehead atoms. The zero-order valence-electron chi connectivity index (χ0n) is 15.0. The van der Waals surface area contributed by atoms with Gasteiger partial charge in [-0.15, -0.1) is 0 Å². The standard InChI is InChI=1S/C21H23N3O3/c22-18(13-16-8-10-17(25)11-9-16)21-24-19(14-27-21)20(26)23-12-4-7-15-5-2-1-3-6-15/h1-3,5-6,8-11,14,18,25H,4,7,12-13,22H2,(H,23,26). The van der Waals surface area contributed by atoms with Gasteiger partial charge in [0.2, 0.25) is 5.89 Å². The van der Waals surface area contributed by atoms with E-state index in [1.165, 1.54) is 11.8 Å². The van der Waals surface area contributed by atoms with Gasteiger partial charge in [0, 0.05) is 6.54 Å². The summed E-state index contributed by atoms with van der Waals surface area (Å²) in [6.45, 7) is 0.565. The number of nitrogens with zero attached hydrogens (tertiary/aromatic N) is 1. The zero-order valence-corrected chi connectivity index (χ0v) is 15.0. The van der Waals surface area contributed by atoms with E-state index in [2.05, 4.69) is 22.4 Å². The molecule has 0 spiro atoms. The summed E-state index contributed by atoms with van der Waals surface area (Å²) in [6, 6.07) is 16.5. The third-order valence-electron chi connectivity index (χ3n) is 4.23. The Morgan fingerprint density at radius 2 is 1.85 bits per heavy atom. The van der Waals surface area contributed by atoms with E-state index < -0.39 is 6.04 Å². The number of amides is 1. The quantitative estimate of drug-likeness (QED) is 0.533. The van der Waals surface area contributed by atoms with Gasteiger partial charge in [-0.05, 0) is 42.5 Å². The summed E-state index contributed by atoms with van der Waals surface area (Å²) in [6.07, 6.45) is 3.58. The molecule has 2 aromatic carbocycles. The lowest BCUT2D eigenvalue weighted by Crippen LogP contribution is -2.25. The summed E-state index contributed by atoms with van der Waals surface area (Å²) in [7, 11) is 0. The topological polar surface area (TPSA) is 101 Å². The summed E-state index contributed by atoms with van der Waals surface area (Å²) in [5.74, 6) is 0.252. The minimum atomic E-state index is -0.464. The first kappa shape index (κ1) is 18.7. The molecule has 27 heavy (non-hydrogen) atoms. The van der Waals surface area contributed by atoms with E-state index in [0.717, 1.165) is 18.4 Å². The van der Waals surface area contributed by atoms with Crippen molar-refractivity contribution in [2.75, 3.05) is 6.54 Å². The summed E-state index contributed by atoms with van der Waals surface area (Å²) in [5, 5.41) is 12.2. The molecule has 4 N–H and O–H groups in total. The smallest absolute Gasteiger partial charge is 0.273 e. The SMILES string of the molecule is NC(Cc1ccc(O)cc1)c1nc(C(=O)NCCCc2ccccc2)co1. The van der Waals surface area contributed by atoms with Gasteiger partial charge in [-0.1, -0.05) is 42.5 Å². The van der Waals surface area contributed by atoms with Gasteiger partial charge in [0.15, 0.2) is 5.69 Å². The Kier molecular flexibility index (Phi) is 6.22. The maximum atomic E-state index is 12.2. The number of carbonyl (C=O) groups is 1. The highest BCUT2D eigenvalue weighted by atomic mass is 16.3. The van der Waals surface area contributed by atoms with Crippen LogP contribution in [0.1, 0.15) is 40.0 Å². The summed E-state index contributed by atoms with van der Waals surface area (Å²) in [5.41, 5.74) is 8.54. The third kappa shape index (κ3) is 5.43. The number of nitrogens with two attached hydrogens (primary N) is 1. The van der Waals surface area contributed by atoms with Gasteiger partial charge in [0.1, 0.15) is 12.0 Å². The van der Waals surface area contributed by atoms with E-state index in [4.69, 9.17) is 10.2 Å². The molecule has 1 heterocycles. The molecule has 3 aromatic rings. The Labute approximate surface area is 158 Å². The molecule has 0 fully saturated rings. The van der Waals surface area contributed by atoms with E-state index >= 15 is 0 Å². The molecule has 140 valence electrons. The van der Waals surface area contributed by atoms with Crippen molar-refractivity contribution in [3.8, 4) is 5.75 Å². The highest BCUT2D eigenvalue weighted by Crippen LogP contribution is 2.18. The van der Waals surface area contributed by atoms with Gasteiger partial charge in [-0.25, -0.2) is 4.98 Å². The number of oxazole rings is 1. The number of carbonyl (C=O) groups excluding carboxylic acids is 1. The molecule has 3 rings (SSSR count). The van der Waals surface area contributed by atoms with Crippen LogP contribution in [0.4, 0.5) is 0 Å². The van der Waals surface area contributed by atoms with Gasteiger partial charge >= 0.3 is 0 Å². The first-order valence-electron chi connectivity index (χ1n) is 8.93. The average Bonchev–Trinajstić information content (AvgIpc) is 3.18. The molecule has 1 aromatic heterocycles. The number of nitrogens with one attached hydrogen (secondary N) is 1. The number of rotatable bonds is 8. The lowest BCUT2D eigenvalue weighted by atomic mass is 10.1. The van der Waals surface area contributed by atoms with Crippen LogP contribution in [0, 0.1) is 0 Å². The largest absolute Gasteiger partial charge is 0.508 e. The molecule has 0 aliphatic carbocycles. The number of hydrogen-bond acceptors (Lipinski definition) is 5. The van der Waals surface area contributed by atoms with Crippen LogP contribution in [0.5, 0.6) is 5.75 Å². The summed E-state index contributed by atoms with van der Waals surface area (Å²) >= 11 is 0. The van der Waals surface area contributed by atoms with Crippen molar-refractivity contribution in [1.29, 1.82) is 0 Å². The molecule has 0 saturated carbocycles. The van der Waals surface area contributed by atoms with Crippen molar-refractivity contribution >= 4 is 5.91 Å². The number of phenolic OH excluding ortho intramolecular Hbond substituents is 1. The zero-order chi connectivity index (χ0) is 19.1. The Morgan fingerprint density at radius 1 is 1.11 bits per heavy atom. The predicted molar refractivity (Wildman–Crippen MR) is 102 cm³/mol. The number of benzene rings is 2. The molecule has 0 aliphatic heterocycles. The van der Waals surface area contributed by atoms with E-state index in [1.54, 1.807) is 24.3 Å². The molecule has 1 amide bonds. The van der Waals surface area contributed by atoms with Crippen molar-refractivity contribution in [3.05, 3.63) is 83.6 Å². The molecule has 0 aliphatic rings. The van der Waals surface area contributed by atoms with Crippen molar-refractivity contribution in [3.63, 3.8) is 0 Å². The predicted octanol–water partition coefficient (Wildman–Crippen LogP) is 2.99. The number of hydrogen-bond donors (Lipinski definition) is 3. The number of aryl methyl sites for hydroxylation is 1. The van der Waals surface area contributed by atoms with Crippen molar-refractivity contribution in [2.45, 2.75) is 25.3 Å².